The summed E-state index contributed by atoms with van der Waals surface area (Å²) >= 11 is 0. The summed E-state index contributed by atoms with van der Waals surface area (Å²) in [5.41, 5.74) is 1.14. The number of benzene rings is 1. The minimum Gasteiger partial charge on any atom is -0.493 e. The molecule has 2 aromatic rings. The van der Waals surface area contributed by atoms with Crippen molar-refractivity contribution in [1.29, 1.82) is 0 Å². The number of nitrogens with zero attached hydrogens (tertiary/aromatic N) is 2. The number of rotatable bonds is 6. The van der Waals surface area contributed by atoms with Crippen molar-refractivity contribution in [2.24, 2.45) is 0 Å². The van der Waals surface area contributed by atoms with Gasteiger partial charge in [-0.15, -0.1) is 0 Å². The second-order valence-electron chi connectivity index (χ2n) is 5.30. The van der Waals surface area contributed by atoms with Crippen LogP contribution < -0.4 is 9.47 Å². The Bertz CT molecular complexity index is 620. The fourth-order valence-electron chi connectivity index (χ4n) is 2.56. The summed E-state index contributed by atoms with van der Waals surface area (Å²) in [6, 6.07) is 5.90. The molecule has 2 heterocycles. The van der Waals surface area contributed by atoms with E-state index in [0.717, 1.165) is 42.3 Å². The van der Waals surface area contributed by atoms with Crippen LogP contribution in [0.5, 0.6) is 11.5 Å². The van der Waals surface area contributed by atoms with Gasteiger partial charge in [0.25, 0.3) is 0 Å². The van der Waals surface area contributed by atoms with Crippen molar-refractivity contribution in [3.05, 3.63) is 35.5 Å². The van der Waals surface area contributed by atoms with Crippen molar-refractivity contribution in [2.45, 2.75) is 25.2 Å². The third-order valence-electron chi connectivity index (χ3n) is 3.85. The summed E-state index contributed by atoms with van der Waals surface area (Å²) in [6.45, 7) is 1.47. The van der Waals surface area contributed by atoms with Gasteiger partial charge in [-0.2, -0.15) is 4.98 Å². The van der Waals surface area contributed by atoms with Gasteiger partial charge in [0.2, 0.25) is 5.89 Å². The lowest BCUT2D eigenvalue weighted by Crippen LogP contribution is -2.00. The van der Waals surface area contributed by atoms with Crippen molar-refractivity contribution in [1.82, 2.24) is 10.1 Å². The molecule has 0 radical (unpaired) electrons. The zero-order chi connectivity index (χ0) is 15.4. The highest BCUT2D eigenvalue weighted by Crippen LogP contribution is 2.28. The van der Waals surface area contributed by atoms with Gasteiger partial charge in [-0.1, -0.05) is 11.2 Å². The average molecular weight is 304 g/mol. The molecule has 118 valence electrons. The van der Waals surface area contributed by atoms with Gasteiger partial charge in [-0.25, -0.2) is 0 Å². The van der Waals surface area contributed by atoms with Gasteiger partial charge in [-0.3, -0.25) is 0 Å². The molecule has 1 saturated heterocycles. The molecule has 1 fully saturated rings. The lowest BCUT2D eigenvalue weighted by Gasteiger charge is -2.08. The zero-order valence-corrected chi connectivity index (χ0v) is 12.9. The molecule has 1 aliphatic rings. The highest BCUT2D eigenvalue weighted by molar-refractivity contribution is 5.42. The Kier molecular flexibility index (Phi) is 4.58. The Balaban J connectivity index is 1.62. The van der Waals surface area contributed by atoms with Gasteiger partial charge in [0.1, 0.15) is 0 Å². The summed E-state index contributed by atoms with van der Waals surface area (Å²) in [4.78, 5) is 4.47. The summed E-state index contributed by atoms with van der Waals surface area (Å²) in [6.07, 6.45) is 2.48. The van der Waals surface area contributed by atoms with Crippen molar-refractivity contribution in [2.75, 3.05) is 27.4 Å². The molecule has 1 aromatic heterocycles. The van der Waals surface area contributed by atoms with Crippen LogP contribution in [0.3, 0.4) is 0 Å². The topological polar surface area (TPSA) is 66.6 Å². The van der Waals surface area contributed by atoms with Gasteiger partial charge in [0.05, 0.1) is 20.8 Å². The summed E-state index contributed by atoms with van der Waals surface area (Å²) in [5.74, 6) is 3.16. The van der Waals surface area contributed by atoms with Crippen LogP contribution in [-0.2, 0) is 17.6 Å². The Labute approximate surface area is 129 Å². The van der Waals surface area contributed by atoms with Gasteiger partial charge in [0.15, 0.2) is 17.3 Å². The molecule has 22 heavy (non-hydrogen) atoms. The molecule has 0 N–H and O–H groups in total. The standard InChI is InChI=1S/C16H20N2O4/c1-19-13-5-3-11(9-14(13)20-2)4-6-15-17-16(18-22-15)12-7-8-21-10-12/h3,5,9,12H,4,6-8,10H2,1-2H3/t12-/m0/s1. The summed E-state index contributed by atoms with van der Waals surface area (Å²) < 4.78 is 21.2. The van der Waals surface area contributed by atoms with E-state index in [-0.39, 0.29) is 5.92 Å². The van der Waals surface area contributed by atoms with E-state index >= 15 is 0 Å². The lowest BCUT2D eigenvalue weighted by molar-refractivity contribution is 0.192. The molecule has 0 amide bonds. The number of aryl methyl sites for hydroxylation is 2. The molecule has 6 nitrogen and oxygen atoms in total. The molecular weight excluding hydrogens is 284 g/mol. The smallest absolute Gasteiger partial charge is 0.226 e. The first kappa shape index (κ1) is 14.8. The first-order valence-electron chi connectivity index (χ1n) is 7.41. The lowest BCUT2D eigenvalue weighted by atomic mass is 10.1. The predicted octanol–water partition coefficient (Wildman–Crippen LogP) is 2.38. The number of methoxy groups -OCH3 is 2. The van der Waals surface area contributed by atoms with Crippen LogP contribution in [0.25, 0.3) is 0 Å². The third kappa shape index (κ3) is 3.22. The largest absolute Gasteiger partial charge is 0.493 e. The highest BCUT2D eigenvalue weighted by Gasteiger charge is 2.23. The number of hydrogen-bond donors (Lipinski definition) is 0. The molecule has 0 aliphatic carbocycles. The van der Waals surface area contributed by atoms with E-state index in [1.54, 1.807) is 14.2 Å². The SMILES string of the molecule is COc1ccc(CCc2nc([C@H]3CCOC3)no2)cc1OC. The fourth-order valence-corrected chi connectivity index (χ4v) is 2.56. The van der Waals surface area contributed by atoms with Crippen molar-refractivity contribution >= 4 is 0 Å². The Morgan fingerprint density at radius 3 is 2.77 bits per heavy atom. The average Bonchev–Trinajstić information content (AvgIpc) is 3.23. The zero-order valence-electron chi connectivity index (χ0n) is 12.9. The Morgan fingerprint density at radius 2 is 2.05 bits per heavy atom. The van der Waals surface area contributed by atoms with Gasteiger partial charge < -0.3 is 18.7 Å². The minimum atomic E-state index is 0.276. The molecule has 6 heteroatoms. The molecule has 0 saturated carbocycles. The van der Waals surface area contributed by atoms with Crippen molar-refractivity contribution in [3.8, 4) is 11.5 Å². The molecular formula is C16H20N2O4. The van der Waals surface area contributed by atoms with Crippen LogP contribution in [0.4, 0.5) is 0 Å². The van der Waals surface area contributed by atoms with Crippen molar-refractivity contribution < 1.29 is 18.7 Å². The fraction of sp³-hybridized carbons (Fsp3) is 0.500. The number of ether oxygens (including phenoxy) is 3. The maximum Gasteiger partial charge on any atom is 0.226 e. The third-order valence-corrected chi connectivity index (χ3v) is 3.85. The number of hydrogen-bond acceptors (Lipinski definition) is 6. The maximum atomic E-state index is 5.35. The molecule has 1 aromatic carbocycles. The molecule has 0 unspecified atom stereocenters. The van der Waals surface area contributed by atoms with Crippen LogP contribution in [0.15, 0.2) is 22.7 Å². The van der Waals surface area contributed by atoms with Crippen LogP contribution in [-0.4, -0.2) is 37.6 Å². The molecule has 3 rings (SSSR count). The minimum absolute atomic E-state index is 0.276. The highest BCUT2D eigenvalue weighted by atomic mass is 16.5. The summed E-state index contributed by atoms with van der Waals surface area (Å²) in [5, 5.41) is 4.06. The van der Waals surface area contributed by atoms with Gasteiger partial charge in [0, 0.05) is 18.9 Å². The predicted molar refractivity (Wildman–Crippen MR) is 79.4 cm³/mol. The van der Waals surface area contributed by atoms with Crippen molar-refractivity contribution in [3.63, 3.8) is 0 Å². The van der Waals surface area contributed by atoms with Crippen LogP contribution in [0, 0.1) is 0 Å². The van der Waals surface area contributed by atoms with E-state index < -0.39 is 0 Å². The second-order valence-corrected chi connectivity index (χ2v) is 5.30. The molecule has 1 atom stereocenters. The Morgan fingerprint density at radius 1 is 1.18 bits per heavy atom. The van der Waals surface area contributed by atoms with Gasteiger partial charge in [-0.05, 0) is 30.5 Å². The first-order chi connectivity index (χ1) is 10.8. The van der Waals surface area contributed by atoms with E-state index in [1.807, 2.05) is 18.2 Å². The second kappa shape index (κ2) is 6.79. The maximum absolute atomic E-state index is 5.35. The molecule has 0 bridgehead atoms. The Hall–Kier alpha value is -2.08. The van der Waals surface area contributed by atoms with E-state index in [0.29, 0.717) is 18.9 Å². The molecule has 1 aliphatic heterocycles. The quantitative estimate of drug-likeness (QED) is 0.816. The van der Waals surface area contributed by atoms with Crippen LogP contribution >= 0.6 is 0 Å². The number of aromatic nitrogens is 2. The normalized spacial score (nSPS) is 17.6. The van der Waals surface area contributed by atoms with E-state index in [2.05, 4.69) is 10.1 Å². The first-order valence-corrected chi connectivity index (χ1v) is 7.41. The van der Waals surface area contributed by atoms with E-state index in [1.165, 1.54) is 0 Å². The van der Waals surface area contributed by atoms with Crippen LogP contribution in [0.2, 0.25) is 0 Å². The summed E-state index contributed by atoms with van der Waals surface area (Å²) in [7, 11) is 3.26. The molecule has 0 spiro atoms. The van der Waals surface area contributed by atoms with E-state index in [9.17, 15) is 0 Å². The monoisotopic (exact) mass is 304 g/mol. The van der Waals surface area contributed by atoms with Crippen LogP contribution in [0.1, 0.15) is 29.6 Å². The van der Waals surface area contributed by atoms with Gasteiger partial charge >= 0.3 is 0 Å². The van der Waals surface area contributed by atoms with E-state index in [4.69, 9.17) is 18.7 Å².